The Morgan fingerprint density at radius 2 is 2.15 bits per heavy atom. The van der Waals surface area contributed by atoms with Crippen molar-refractivity contribution in [3.63, 3.8) is 0 Å². The number of carbonyl (C=O) groups is 1. The Morgan fingerprint density at radius 1 is 1.30 bits per heavy atom. The molecule has 1 fully saturated rings. The largest absolute Gasteiger partial charge is 0.478 e. The van der Waals surface area contributed by atoms with Gasteiger partial charge in [0.15, 0.2) is 0 Å². The first-order chi connectivity index (χ1) is 9.74. The number of benzene rings is 1. The number of nitrogens with zero attached hydrogens (tertiary/aromatic N) is 1. The molecule has 1 heterocycles. The zero-order valence-electron chi connectivity index (χ0n) is 11.3. The standard InChI is InChI=1S/C16H18N2O2/c19-16(20)13-4-1-5-14-12(13)8-9-15(18-14)17-10-2-3-11-6-7-11/h1,4-5,8-9,11H,2-3,6-7,10H2,(H,17,18)(H,19,20). The zero-order chi connectivity index (χ0) is 13.9. The molecular formula is C16H18N2O2. The molecule has 1 aromatic heterocycles. The lowest BCUT2D eigenvalue weighted by Crippen LogP contribution is -2.04. The molecule has 1 aromatic carbocycles. The number of fused-ring (bicyclic) bond motifs is 1. The summed E-state index contributed by atoms with van der Waals surface area (Å²) in [5.41, 5.74) is 1.02. The molecular weight excluding hydrogens is 252 g/mol. The van der Waals surface area contributed by atoms with Gasteiger partial charge in [-0.2, -0.15) is 0 Å². The fourth-order valence-electron chi connectivity index (χ4n) is 2.45. The molecule has 0 atom stereocenters. The molecule has 2 aromatic rings. The predicted molar refractivity (Wildman–Crippen MR) is 79.2 cm³/mol. The Kier molecular flexibility index (Phi) is 3.54. The van der Waals surface area contributed by atoms with E-state index in [9.17, 15) is 4.79 Å². The summed E-state index contributed by atoms with van der Waals surface area (Å²) in [7, 11) is 0. The van der Waals surface area contributed by atoms with Gasteiger partial charge in [0.25, 0.3) is 0 Å². The van der Waals surface area contributed by atoms with Crippen LogP contribution in [-0.4, -0.2) is 22.6 Å². The van der Waals surface area contributed by atoms with Gasteiger partial charge in [0, 0.05) is 11.9 Å². The lowest BCUT2D eigenvalue weighted by molar-refractivity contribution is 0.0699. The van der Waals surface area contributed by atoms with Gasteiger partial charge in [-0.05, 0) is 43.0 Å². The second-order valence-corrected chi connectivity index (χ2v) is 5.39. The summed E-state index contributed by atoms with van der Waals surface area (Å²) in [5.74, 6) is 0.859. The lowest BCUT2D eigenvalue weighted by Gasteiger charge is -2.07. The van der Waals surface area contributed by atoms with Gasteiger partial charge in [0.05, 0.1) is 11.1 Å². The first-order valence-electron chi connectivity index (χ1n) is 7.11. The molecule has 0 spiro atoms. The molecule has 20 heavy (non-hydrogen) atoms. The number of anilines is 1. The molecule has 4 heteroatoms. The summed E-state index contributed by atoms with van der Waals surface area (Å²) in [5, 5.41) is 13.1. The summed E-state index contributed by atoms with van der Waals surface area (Å²) in [4.78, 5) is 15.6. The lowest BCUT2D eigenvalue weighted by atomic mass is 10.1. The second-order valence-electron chi connectivity index (χ2n) is 5.39. The van der Waals surface area contributed by atoms with Crippen LogP contribution < -0.4 is 5.32 Å². The van der Waals surface area contributed by atoms with Crippen LogP contribution in [0.3, 0.4) is 0 Å². The summed E-state index contributed by atoms with van der Waals surface area (Å²) in [6.07, 6.45) is 5.25. The van der Waals surface area contributed by atoms with Crippen LogP contribution in [0.2, 0.25) is 0 Å². The fraction of sp³-hybridized carbons (Fsp3) is 0.375. The van der Waals surface area contributed by atoms with Gasteiger partial charge >= 0.3 is 5.97 Å². The highest BCUT2D eigenvalue weighted by Gasteiger charge is 2.19. The third kappa shape index (κ3) is 2.90. The molecule has 2 N–H and O–H groups in total. The molecule has 1 aliphatic carbocycles. The van der Waals surface area contributed by atoms with Crippen molar-refractivity contribution < 1.29 is 9.90 Å². The molecule has 4 nitrogen and oxygen atoms in total. The number of pyridine rings is 1. The van der Waals surface area contributed by atoms with Crippen molar-refractivity contribution in [1.29, 1.82) is 0 Å². The van der Waals surface area contributed by atoms with E-state index in [1.807, 2.05) is 18.2 Å². The Hall–Kier alpha value is -2.10. The molecule has 0 radical (unpaired) electrons. The summed E-state index contributed by atoms with van der Waals surface area (Å²) in [6, 6.07) is 8.86. The van der Waals surface area contributed by atoms with Crippen molar-refractivity contribution >= 4 is 22.7 Å². The highest BCUT2D eigenvalue weighted by molar-refractivity contribution is 6.02. The van der Waals surface area contributed by atoms with Crippen molar-refractivity contribution in [1.82, 2.24) is 4.98 Å². The summed E-state index contributed by atoms with van der Waals surface area (Å²) < 4.78 is 0. The minimum absolute atomic E-state index is 0.301. The van der Waals surface area contributed by atoms with Gasteiger partial charge < -0.3 is 10.4 Å². The van der Waals surface area contributed by atoms with E-state index in [1.54, 1.807) is 12.1 Å². The van der Waals surface area contributed by atoms with E-state index < -0.39 is 5.97 Å². The maximum Gasteiger partial charge on any atom is 0.336 e. The molecule has 1 aliphatic rings. The van der Waals surface area contributed by atoms with Crippen LogP contribution in [0.15, 0.2) is 30.3 Å². The van der Waals surface area contributed by atoms with Crippen LogP contribution >= 0.6 is 0 Å². The highest BCUT2D eigenvalue weighted by Crippen LogP contribution is 2.33. The highest BCUT2D eigenvalue weighted by atomic mass is 16.4. The number of aromatic carboxylic acids is 1. The third-order valence-corrected chi connectivity index (χ3v) is 3.75. The van der Waals surface area contributed by atoms with E-state index in [4.69, 9.17) is 5.11 Å². The van der Waals surface area contributed by atoms with Gasteiger partial charge in [-0.3, -0.25) is 0 Å². The van der Waals surface area contributed by atoms with Crippen molar-refractivity contribution in [2.24, 2.45) is 5.92 Å². The molecule has 0 amide bonds. The number of carboxylic acid groups (broad SMARTS) is 1. The number of nitrogens with one attached hydrogen (secondary N) is 1. The van der Waals surface area contributed by atoms with Crippen molar-refractivity contribution in [2.45, 2.75) is 25.7 Å². The SMILES string of the molecule is O=C(O)c1cccc2nc(NCCCC3CC3)ccc12. The molecule has 104 valence electrons. The molecule has 1 saturated carbocycles. The fourth-order valence-corrected chi connectivity index (χ4v) is 2.45. The van der Waals surface area contributed by atoms with Gasteiger partial charge in [-0.25, -0.2) is 9.78 Å². The van der Waals surface area contributed by atoms with Crippen LogP contribution in [0.5, 0.6) is 0 Å². The van der Waals surface area contributed by atoms with E-state index in [2.05, 4.69) is 10.3 Å². The molecule has 0 bridgehead atoms. The Morgan fingerprint density at radius 3 is 2.90 bits per heavy atom. The minimum Gasteiger partial charge on any atom is -0.478 e. The van der Waals surface area contributed by atoms with Crippen LogP contribution in [0.25, 0.3) is 10.9 Å². The average molecular weight is 270 g/mol. The number of aromatic nitrogens is 1. The molecule has 0 aliphatic heterocycles. The van der Waals surface area contributed by atoms with Crippen molar-refractivity contribution in [3.05, 3.63) is 35.9 Å². The van der Waals surface area contributed by atoms with Crippen molar-refractivity contribution in [3.8, 4) is 0 Å². The molecule has 0 saturated heterocycles. The number of rotatable bonds is 6. The van der Waals surface area contributed by atoms with Crippen molar-refractivity contribution in [2.75, 3.05) is 11.9 Å². The smallest absolute Gasteiger partial charge is 0.336 e. The van der Waals surface area contributed by atoms with E-state index in [1.165, 1.54) is 25.7 Å². The van der Waals surface area contributed by atoms with Gasteiger partial charge in [-0.1, -0.05) is 18.9 Å². The Balaban J connectivity index is 1.71. The maximum absolute atomic E-state index is 11.1. The van der Waals surface area contributed by atoms with E-state index in [0.29, 0.717) is 10.9 Å². The Labute approximate surface area is 117 Å². The normalized spacial score (nSPS) is 14.4. The number of carboxylic acids is 1. The zero-order valence-corrected chi connectivity index (χ0v) is 11.3. The first-order valence-corrected chi connectivity index (χ1v) is 7.11. The van der Waals surface area contributed by atoms with E-state index in [0.717, 1.165) is 23.8 Å². The van der Waals surface area contributed by atoms with Gasteiger partial charge in [0.1, 0.15) is 5.82 Å². The monoisotopic (exact) mass is 270 g/mol. The topological polar surface area (TPSA) is 62.2 Å². The van der Waals surface area contributed by atoms with E-state index in [-0.39, 0.29) is 0 Å². The Bertz CT molecular complexity index is 635. The molecule has 3 rings (SSSR count). The second kappa shape index (κ2) is 5.49. The number of hydrogen-bond acceptors (Lipinski definition) is 3. The van der Waals surface area contributed by atoms with Gasteiger partial charge in [-0.15, -0.1) is 0 Å². The minimum atomic E-state index is -0.914. The molecule has 0 unspecified atom stereocenters. The average Bonchev–Trinajstić information content (AvgIpc) is 3.26. The third-order valence-electron chi connectivity index (χ3n) is 3.75. The quantitative estimate of drug-likeness (QED) is 0.788. The van der Waals surface area contributed by atoms with E-state index >= 15 is 0 Å². The number of hydrogen-bond donors (Lipinski definition) is 2. The van der Waals surface area contributed by atoms with Crippen LogP contribution in [-0.2, 0) is 0 Å². The predicted octanol–water partition coefficient (Wildman–Crippen LogP) is 3.54. The van der Waals surface area contributed by atoms with Gasteiger partial charge in [0.2, 0.25) is 0 Å². The summed E-state index contributed by atoms with van der Waals surface area (Å²) in [6.45, 7) is 0.924. The maximum atomic E-state index is 11.1. The first kappa shape index (κ1) is 12.9. The van der Waals surface area contributed by atoms with Crippen LogP contribution in [0, 0.1) is 5.92 Å². The summed E-state index contributed by atoms with van der Waals surface area (Å²) >= 11 is 0. The van der Waals surface area contributed by atoms with Crippen LogP contribution in [0.4, 0.5) is 5.82 Å². The van der Waals surface area contributed by atoms with Crippen LogP contribution in [0.1, 0.15) is 36.0 Å².